The lowest BCUT2D eigenvalue weighted by atomic mass is 9.99. The predicted octanol–water partition coefficient (Wildman–Crippen LogP) is 4.38. The molecule has 206 valence electrons. The fourth-order valence-corrected chi connectivity index (χ4v) is 4.03. The molecule has 2 atom stereocenters. The van der Waals surface area contributed by atoms with Gasteiger partial charge in [-0.25, -0.2) is 4.79 Å². The van der Waals surface area contributed by atoms with Crippen molar-refractivity contribution in [1.82, 2.24) is 10.2 Å². The van der Waals surface area contributed by atoms with E-state index >= 15 is 0 Å². The normalized spacial score (nSPS) is 12.7. The summed E-state index contributed by atoms with van der Waals surface area (Å²) in [5, 5.41) is 5.56. The summed E-state index contributed by atoms with van der Waals surface area (Å²) in [6.45, 7) is 11.1. The summed E-state index contributed by atoms with van der Waals surface area (Å²) in [6.07, 6.45) is -0.404. The van der Waals surface area contributed by atoms with E-state index in [-0.39, 0.29) is 19.4 Å². The molecule has 4 amide bonds. The number of rotatable bonds is 11. The Morgan fingerprint density at radius 1 is 1.03 bits per heavy atom. The molecule has 38 heavy (non-hydrogen) atoms. The van der Waals surface area contributed by atoms with Crippen molar-refractivity contribution < 1.29 is 23.9 Å². The van der Waals surface area contributed by atoms with E-state index in [4.69, 9.17) is 10.5 Å². The van der Waals surface area contributed by atoms with Crippen LogP contribution in [-0.4, -0.2) is 46.9 Å². The Kier molecular flexibility index (Phi) is 10.9. The molecule has 2 aromatic carbocycles. The fourth-order valence-electron chi connectivity index (χ4n) is 4.03. The topological polar surface area (TPSA) is 131 Å². The van der Waals surface area contributed by atoms with Crippen LogP contribution in [0.2, 0.25) is 0 Å². The number of para-hydroxylation sites is 1. The highest BCUT2D eigenvalue weighted by Gasteiger charge is 2.36. The van der Waals surface area contributed by atoms with Crippen molar-refractivity contribution >= 4 is 29.5 Å². The van der Waals surface area contributed by atoms with Crippen LogP contribution >= 0.6 is 0 Å². The highest BCUT2D eigenvalue weighted by atomic mass is 16.6. The minimum absolute atomic E-state index is 0.0342. The van der Waals surface area contributed by atoms with Crippen molar-refractivity contribution in [2.24, 2.45) is 5.73 Å². The van der Waals surface area contributed by atoms with Crippen LogP contribution in [0, 0.1) is 13.8 Å². The minimum atomic E-state index is -1.12. The van der Waals surface area contributed by atoms with Crippen molar-refractivity contribution in [2.75, 3.05) is 11.9 Å². The molecule has 4 N–H and O–H groups in total. The molecule has 0 aliphatic carbocycles. The molecule has 0 fully saturated rings. The zero-order valence-corrected chi connectivity index (χ0v) is 23.2. The van der Waals surface area contributed by atoms with Gasteiger partial charge in [-0.15, -0.1) is 0 Å². The fraction of sp³-hybridized carbons (Fsp3) is 0.448. The zero-order valence-electron chi connectivity index (χ0n) is 23.2. The Morgan fingerprint density at radius 3 is 2.29 bits per heavy atom. The van der Waals surface area contributed by atoms with Crippen LogP contribution in [0.5, 0.6) is 0 Å². The van der Waals surface area contributed by atoms with Gasteiger partial charge in [0.05, 0.1) is 0 Å². The first kappa shape index (κ1) is 30.3. The first-order chi connectivity index (χ1) is 17.8. The monoisotopic (exact) mass is 524 g/mol. The molecule has 0 aromatic heterocycles. The highest BCUT2D eigenvalue weighted by molar-refractivity contribution is 5.99. The number of nitrogens with two attached hydrogens (primary N) is 1. The molecule has 0 aliphatic heterocycles. The van der Waals surface area contributed by atoms with Gasteiger partial charge in [0.2, 0.25) is 11.8 Å². The SMILES string of the molecule is CCCN(C(=O)C(CCC(N)=O)NC(=O)OC(C)(C)C)C(C(=O)Nc1ccccc1C)c1cccc(C)c1. The molecule has 0 saturated heterocycles. The summed E-state index contributed by atoms with van der Waals surface area (Å²) in [6, 6.07) is 12.7. The quantitative estimate of drug-likeness (QED) is 0.401. The summed E-state index contributed by atoms with van der Waals surface area (Å²) >= 11 is 0. The maximum Gasteiger partial charge on any atom is 0.408 e. The van der Waals surface area contributed by atoms with Gasteiger partial charge in [-0.05, 0) is 64.7 Å². The number of hydrogen-bond donors (Lipinski definition) is 3. The minimum Gasteiger partial charge on any atom is -0.444 e. The average Bonchev–Trinajstić information content (AvgIpc) is 2.81. The molecular weight excluding hydrogens is 484 g/mol. The Balaban J connectivity index is 2.51. The number of amides is 4. The van der Waals surface area contributed by atoms with Crippen LogP contribution < -0.4 is 16.4 Å². The van der Waals surface area contributed by atoms with Crippen LogP contribution in [0.3, 0.4) is 0 Å². The standard InChI is InChI=1S/C29H40N4O5/c1-7-17-33(27(36)23(15-16-24(30)34)32-28(37)38-29(4,5)6)25(21-13-10-11-19(2)18-21)26(35)31-22-14-9-8-12-20(22)3/h8-14,18,23,25H,7,15-17H2,1-6H3,(H2,30,34)(H,31,35)(H,32,37). The third-order valence-electron chi connectivity index (χ3n) is 5.74. The summed E-state index contributed by atoms with van der Waals surface area (Å²) < 4.78 is 5.35. The van der Waals surface area contributed by atoms with E-state index in [0.717, 1.165) is 11.1 Å². The van der Waals surface area contributed by atoms with Gasteiger partial charge in [0, 0.05) is 18.7 Å². The number of carbonyl (C=O) groups is 4. The Morgan fingerprint density at radius 2 is 1.71 bits per heavy atom. The number of ether oxygens (including phenoxy) is 1. The van der Waals surface area contributed by atoms with Crippen molar-refractivity contribution in [3.63, 3.8) is 0 Å². The van der Waals surface area contributed by atoms with E-state index in [9.17, 15) is 19.2 Å². The van der Waals surface area contributed by atoms with Crippen LogP contribution in [0.4, 0.5) is 10.5 Å². The number of aryl methyl sites for hydroxylation is 2. The molecule has 0 heterocycles. The molecule has 0 aliphatic rings. The number of alkyl carbamates (subject to hydrolysis) is 1. The van der Waals surface area contributed by atoms with E-state index < -0.39 is 41.5 Å². The molecule has 9 nitrogen and oxygen atoms in total. The molecule has 2 unspecified atom stereocenters. The second kappa shape index (κ2) is 13.6. The van der Waals surface area contributed by atoms with Gasteiger partial charge in [-0.2, -0.15) is 0 Å². The van der Waals surface area contributed by atoms with Crippen LogP contribution in [0.25, 0.3) is 0 Å². The lowest BCUT2D eigenvalue weighted by Crippen LogP contribution is -2.52. The number of benzene rings is 2. The first-order valence-corrected chi connectivity index (χ1v) is 12.8. The summed E-state index contributed by atoms with van der Waals surface area (Å²) in [7, 11) is 0. The molecule has 9 heteroatoms. The van der Waals surface area contributed by atoms with Gasteiger partial charge in [-0.3, -0.25) is 14.4 Å². The molecule has 2 aromatic rings. The number of hydrogen-bond acceptors (Lipinski definition) is 5. The number of nitrogens with one attached hydrogen (secondary N) is 2. The van der Waals surface area contributed by atoms with E-state index in [1.54, 1.807) is 32.9 Å². The molecule has 0 radical (unpaired) electrons. The van der Waals surface area contributed by atoms with E-state index in [1.165, 1.54) is 4.90 Å². The second-order valence-corrected chi connectivity index (χ2v) is 10.4. The molecular formula is C29H40N4O5. The van der Waals surface area contributed by atoms with Crippen LogP contribution in [-0.2, 0) is 19.1 Å². The lowest BCUT2D eigenvalue weighted by Gasteiger charge is -2.34. The third kappa shape index (κ3) is 9.21. The van der Waals surface area contributed by atoms with Gasteiger partial charge in [0.15, 0.2) is 0 Å². The number of primary amides is 1. The molecule has 0 spiro atoms. The molecule has 2 rings (SSSR count). The summed E-state index contributed by atoms with van der Waals surface area (Å²) in [5.74, 6) is -1.51. The second-order valence-electron chi connectivity index (χ2n) is 10.4. The first-order valence-electron chi connectivity index (χ1n) is 12.8. The Bertz CT molecular complexity index is 1140. The zero-order chi connectivity index (χ0) is 28.5. The average molecular weight is 525 g/mol. The van der Waals surface area contributed by atoms with Crippen molar-refractivity contribution in [1.29, 1.82) is 0 Å². The van der Waals surface area contributed by atoms with Crippen molar-refractivity contribution in [2.45, 2.75) is 78.5 Å². The Labute approximate surface area is 225 Å². The van der Waals surface area contributed by atoms with Gasteiger partial charge in [0.25, 0.3) is 5.91 Å². The van der Waals surface area contributed by atoms with E-state index in [0.29, 0.717) is 17.7 Å². The van der Waals surface area contributed by atoms with E-state index in [2.05, 4.69) is 10.6 Å². The number of carbonyl (C=O) groups excluding carboxylic acids is 4. The van der Waals surface area contributed by atoms with E-state index in [1.807, 2.05) is 57.2 Å². The van der Waals surface area contributed by atoms with Crippen molar-refractivity contribution in [3.05, 3.63) is 65.2 Å². The highest BCUT2D eigenvalue weighted by Crippen LogP contribution is 2.27. The number of anilines is 1. The number of nitrogens with zero attached hydrogens (tertiary/aromatic N) is 1. The lowest BCUT2D eigenvalue weighted by molar-refractivity contribution is -0.141. The largest absolute Gasteiger partial charge is 0.444 e. The van der Waals surface area contributed by atoms with Gasteiger partial charge in [0.1, 0.15) is 17.7 Å². The maximum atomic E-state index is 14.0. The predicted molar refractivity (Wildman–Crippen MR) is 147 cm³/mol. The molecule has 0 bridgehead atoms. The van der Waals surface area contributed by atoms with Gasteiger partial charge >= 0.3 is 6.09 Å². The Hall–Kier alpha value is -3.88. The molecule has 0 saturated carbocycles. The third-order valence-corrected chi connectivity index (χ3v) is 5.74. The maximum absolute atomic E-state index is 14.0. The van der Waals surface area contributed by atoms with Crippen LogP contribution in [0.1, 0.15) is 69.7 Å². The van der Waals surface area contributed by atoms with Gasteiger partial charge in [-0.1, -0.05) is 55.0 Å². The summed E-state index contributed by atoms with van der Waals surface area (Å²) in [5.41, 5.74) is 7.63. The van der Waals surface area contributed by atoms with Gasteiger partial charge < -0.3 is 26.0 Å². The smallest absolute Gasteiger partial charge is 0.408 e. The van der Waals surface area contributed by atoms with Crippen LogP contribution in [0.15, 0.2) is 48.5 Å². The van der Waals surface area contributed by atoms with Crippen molar-refractivity contribution in [3.8, 4) is 0 Å². The summed E-state index contributed by atoms with van der Waals surface area (Å²) in [4.78, 5) is 53.4.